The third-order valence-corrected chi connectivity index (χ3v) is 6.34. The Morgan fingerprint density at radius 2 is 1.89 bits per heavy atom. The van der Waals surface area contributed by atoms with Crippen molar-refractivity contribution in [3.63, 3.8) is 0 Å². The average Bonchev–Trinajstić information content (AvgIpc) is 3.38. The van der Waals surface area contributed by atoms with Gasteiger partial charge < -0.3 is 9.52 Å². The molecule has 35 heavy (non-hydrogen) atoms. The Bertz CT molecular complexity index is 1360. The van der Waals surface area contributed by atoms with Crippen molar-refractivity contribution in [2.75, 3.05) is 6.54 Å². The predicted octanol–water partition coefficient (Wildman–Crippen LogP) is 6.94. The Morgan fingerprint density at radius 3 is 2.51 bits per heavy atom. The molecule has 6 nitrogen and oxygen atoms in total. The first kappa shape index (κ1) is 24.6. The lowest BCUT2D eigenvalue weighted by Gasteiger charge is -2.11. The topological polar surface area (TPSA) is 83.1 Å². The molecule has 4 rings (SSSR count). The van der Waals surface area contributed by atoms with Gasteiger partial charge in [0.25, 0.3) is 5.91 Å². The van der Waals surface area contributed by atoms with Gasteiger partial charge in [0.05, 0.1) is 26.7 Å². The minimum Gasteiger partial charge on any atom is -0.478 e. The molecular weight excluding hydrogens is 505 g/mol. The minimum absolute atomic E-state index is 0.119. The van der Waals surface area contributed by atoms with Crippen LogP contribution in [0.3, 0.4) is 0 Å². The smallest absolute Gasteiger partial charge is 0.417 e. The van der Waals surface area contributed by atoms with Crippen LogP contribution in [0.25, 0.3) is 17.4 Å². The van der Waals surface area contributed by atoms with Gasteiger partial charge in [-0.1, -0.05) is 11.6 Å². The Hall–Kier alpha value is -3.50. The highest BCUT2D eigenvalue weighted by atomic mass is 35.5. The van der Waals surface area contributed by atoms with E-state index in [2.05, 4.69) is 4.99 Å². The Morgan fingerprint density at radius 1 is 1.17 bits per heavy atom. The van der Waals surface area contributed by atoms with Crippen LogP contribution in [0.5, 0.6) is 0 Å². The van der Waals surface area contributed by atoms with E-state index in [0.29, 0.717) is 22.3 Å². The van der Waals surface area contributed by atoms with Gasteiger partial charge in [0.2, 0.25) is 0 Å². The maximum atomic E-state index is 13.2. The maximum Gasteiger partial charge on any atom is 0.417 e. The van der Waals surface area contributed by atoms with E-state index >= 15 is 0 Å². The second kappa shape index (κ2) is 9.63. The van der Waals surface area contributed by atoms with Crippen LogP contribution in [-0.2, 0) is 11.0 Å². The standard InChI is InChI=1S/C24H16ClF3N2O4S/c1-2-30-21(31)20(35-23(30)29-15-6-3-13(4-7-15)22(32)33)12-16-8-10-19(34-16)14-5-9-18(25)17(11-14)24(26,27)28/h3-12H,2H2,1H3,(H,32,33). The molecule has 2 aromatic carbocycles. The van der Waals surface area contributed by atoms with Crippen molar-refractivity contribution >= 4 is 52.2 Å². The zero-order valence-electron chi connectivity index (χ0n) is 18.0. The molecule has 2 heterocycles. The first-order chi connectivity index (χ1) is 16.6. The second-order valence-corrected chi connectivity index (χ2v) is 8.72. The van der Waals surface area contributed by atoms with Gasteiger partial charge in [-0.05, 0) is 73.3 Å². The summed E-state index contributed by atoms with van der Waals surface area (Å²) < 4.78 is 45.2. The molecule has 0 atom stereocenters. The Kier molecular flexibility index (Phi) is 6.77. The van der Waals surface area contributed by atoms with Crippen LogP contribution in [0.2, 0.25) is 5.02 Å². The minimum atomic E-state index is -4.61. The van der Waals surface area contributed by atoms with Crippen LogP contribution in [0.4, 0.5) is 18.9 Å². The number of halogens is 4. The molecule has 0 saturated carbocycles. The summed E-state index contributed by atoms with van der Waals surface area (Å²) in [7, 11) is 0. The van der Waals surface area contributed by atoms with Crippen molar-refractivity contribution in [3.05, 3.63) is 81.4 Å². The van der Waals surface area contributed by atoms with Gasteiger partial charge in [0, 0.05) is 18.2 Å². The zero-order valence-corrected chi connectivity index (χ0v) is 19.5. The second-order valence-electron chi connectivity index (χ2n) is 7.30. The number of amides is 1. The van der Waals surface area contributed by atoms with Crippen LogP contribution in [0, 0.1) is 0 Å². The summed E-state index contributed by atoms with van der Waals surface area (Å²) in [5.41, 5.74) is -0.175. The van der Waals surface area contributed by atoms with Crippen molar-refractivity contribution in [2.24, 2.45) is 4.99 Å². The highest BCUT2D eigenvalue weighted by molar-refractivity contribution is 8.18. The molecule has 1 amide bonds. The highest BCUT2D eigenvalue weighted by Gasteiger charge is 2.34. The van der Waals surface area contributed by atoms with Crippen molar-refractivity contribution in [1.29, 1.82) is 0 Å². The SMILES string of the molecule is CCN1C(=O)C(=Cc2ccc(-c3ccc(Cl)c(C(F)(F)F)c3)o2)SC1=Nc1ccc(C(=O)O)cc1. The summed E-state index contributed by atoms with van der Waals surface area (Å²) in [6, 6.07) is 12.5. The quantitative estimate of drug-likeness (QED) is 0.368. The number of carboxylic acid groups (broad SMARTS) is 1. The van der Waals surface area contributed by atoms with Gasteiger partial charge in [0.1, 0.15) is 11.5 Å². The number of thioether (sulfide) groups is 1. The summed E-state index contributed by atoms with van der Waals surface area (Å²) in [5, 5.41) is 9.02. The van der Waals surface area contributed by atoms with E-state index in [9.17, 15) is 22.8 Å². The summed E-state index contributed by atoms with van der Waals surface area (Å²) >= 11 is 6.79. The molecule has 0 aliphatic carbocycles. The maximum absolute atomic E-state index is 13.2. The van der Waals surface area contributed by atoms with Gasteiger partial charge in [-0.3, -0.25) is 9.69 Å². The lowest BCUT2D eigenvalue weighted by Crippen LogP contribution is -2.28. The number of amidine groups is 1. The van der Waals surface area contributed by atoms with Crippen LogP contribution in [0.15, 0.2) is 68.9 Å². The normalized spacial score (nSPS) is 16.5. The molecule has 11 heteroatoms. The van der Waals surface area contributed by atoms with E-state index in [1.807, 2.05) is 0 Å². The summed E-state index contributed by atoms with van der Waals surface area (Å²) in [6.45, 7) is 2.14. The fraction of sp³-hybridized carbons (Fsp3) is 0.125. The first-order valence-electron chi connectivity index (χ1n) is 10.2. The van der Waals surface area contributed by atoms with E-state index < -0.39 is 22.7 Å². The number of rotatable bonds is 5. The number of nitrogens with zero attached hydrogens (tertiary/aromatic N) is 2. The summed E-state index contributed by atoms with van der Waals surface area (Å²) in [4.78, 5) is 30.1. The van der Waals surface area contributed by atoms with Gasteiger partial charge in [-0.15, -0.1) is 0 Å². The van der Waals surface area contributed by atoms with E-state index in [0.717, 1.165) is 23.9 Å². The summed E-state index contributed by atoms with van der Waals surface area (Å²) in [6.07, 6.45) is -3.11. The van der Waals surface area contributed by atoms with Gasteiger partial charge >= 0.3 is 12.1 Å². The number of carbonyl (C=O) groups excluding carboxylic acids is 1. The number of aliphatic imine (C=N–C) groups is 1. The van der Waals surface area contributed by atoms with E-state index in [1.54, 1.807) is 13.0 Å². The lowest BCUT2D eigenvalue weighted by molar-refractivity contribution is -0.137. The van der Waals surface area contributed by atoms with Crippen molar-refractivity contribution in [2.45, 2.75) is 13.1 Å². The van der Waals surface area contributed by atoms with Crippen LogP contribution in [0.1, 0.15) is 28.6 Å². The van der Waals surface area contributed by atoms with Crippen LogP contribution in [-0.4, -0.2) is 33.6 Å². The Labute approximate surface area is 206 Å². The lowest BCUT2D eigenvalue weighted by atomic mass is 10.1. The predicted molar refractivity (Wildman–Crippen MR) is 128 cm³/mol. The van der Waals surface area contributed by atoms with Gasteiger partial charge in [-0.2, -0.15) is 13.2 Å². The molecule has 0 spiro atoms. The third-order valence-electron chi connectivity index (χ3n) is 5.00. The molecule has 180 valence electrons. The van der Waals surface area contributed by atoms with E-state index in [4.69, 9.17) is 21.1 Å². The first-order valence-corrected chi connectivity index (χ1v) is 11.4. The largest absolute Gasteiger partial charge is 0.478 e. The zero-order chi connectivity index (χ0) is 25.3. The molecule has 1 aliphatic heterocycles. The van der Waals surface area contributed by atoms with E-state index in [-0.39, 0.29) is 28.6 Å². The van der Waals surface area contributed by atoms with E-state index in [1.165, 1.54) is 47.4 Å². The van der Waals surface area contributed by atoms with Crippen molar-refractivity contribution in [1.82, 2.24) is 4.90 Å². The highest BCUT2D eigenvalue weighted by Crippen LogP contribution is 2.38. The number of hydrogen-bond acceptors (Lipinski definition) is 5. The molecule has 1 N–H and O–H groups in total. The molecular formula is C24H16ClF3N2O4S. The number of carbonyl (C=O) groups is 2. The number of hydrogen-bond donors (Lipinski definition) is 1. The van der Waals surface area contributed by atoms with Crippen LogP contribution >= 0.6 is 23.4 Å². The van der Waals surface area contributed by atoms with Gasteiger partial charge in [0.15, 0.2) is 5.17 Å². The number of benzene rings is 2. The van der Waals surface area contributed by atoms with Gasteiger partial charge in [-0.25, -0.2) is 9.79 Å². The molecule has 1 aromatic heterocycles. The average molecular weight is 521 g/mol. The molecule has 3 aromatic rings. The molecule has 0 bridgehead atoms. The van der Waals surface area contributed by atoms with Crippen molar-refractivity contribution in [3.8, 4) is 11.3 Å². The van der Waals surface area contributed by atoms with Crippen molar-refractivity contribution < 1.29 is 32.3 Å². The number of carboxylic acids is 1. The third kappa shape index (κ3) is 5.28. The number of likely N-dealkylation sites (N-methyl/N-ethyl adjacent to an activating group) is 1. The number of alkyl halides is 3. The monoisotopic (exact) mass is 520 g/mol. The molecule has 0 radical (unpaired) electrons. The fourth-order valence-corrected chi connectivity index (χ4v) is 4.54. The molecule has 0 unspecified atom stereocenters. The number of furan rings is 1. The molecule has 1 aliphatic rings. The summed E-state index contributed by atoms with van der Waals surface area (Å²) in [5.74, 6) is -0.889. The molecule has 1 fully saturated rings. The fourth-order valence-electron chi connectivity index (χ4n) is 3.27. The Balaban J connectivity index is 1.60. The molecule has 1 saturated heterocycles. The van der Waals surface area contributed by atoms with Crippen LogP contribution < -0.4 is 0 Å². The number of aromatic carboxylic acids is 1.